The molecule has 0 spiro atoms. The molecule has 1 aliphatic rings. The van der Waals surface area contributed by atoms with Gasteiger partial charge in [-0.25, -0.2) is 4.79 Å². The summed E-state index contributed by atoms with van der Waals surface area (Å²) in [7, 11) is 0. The van der Waals surface area contributed by atoms with Crippen molar-refractivity contribution < 1.29 is 19.1 Å². The predicted octanol–water partition coefficient (Wildman–Crippen LogP) is 0.594. The molecule has 0 bridgehead atoms. The molecule has 3 N–H and O–H groups in total. The predicted molar refractivity (Wildman–Crippen MR) is 63.1 cm³/mol. The average molecular weight is 252 g/mol. The number of hydrogen-bond acceptors (Lipinski definition) is 4. The van der Waals surface area contributed by atoms with Crippen molar-refractivity contribution in [1.82, 2.24) is 10.6 Å². The van der Waals surface area contributed by atoms with Gasteiger partial charge in [-0.05, 0) is 38.1 Å². The van der Waals surface area contributed by atoms with Crippen LogP contribution in [0.15, 0.2) is 16.5 Å². The molecule has 1 amide bonds. The zero-order chi connectivity index (χ0) is 13.0. The molecule has 1 aromatic rings. The van der Waals surface area contributed by atoms with E-state index in [1.165, 1.54) is 6.07 Å². The SMILES string of the molecule is O=C(O)c1ccc(CNC(=O)C2CCNCC2)o1. The summed E-state index contributed by atoms with van der Waals surface area (Å²) >= 11 is 0. The van der Waals surface area contributed by atoms with Crippen LogP contribution in [0.25, 0.3) is 0 Å². The van der Waals surface area contributed by atoms with Crippen molar-refractivity contribution in [2.45, 2.75) is 19.4 Å². The Kier molecular flexibility index (Phi) is 3.99. The summed E-state index contributed by atoms with van der Waals surface area (Å²) in [6.07, 6.45) is 1.68. The van der Waals surface area contributed by atoms with Crippen molar-refractivity contribution in [3.05, 3.63) is 23.7 Å². The molecule has 1 aliphatic heterocycles. The molecule has 2 heterocycles. The van der Waals surface area contributed by atoms with E-state index >= 15 is 0 Å². The summed E-state index contributed by atoms with van der Waals surface area (Å²) in [6, 6.07) is 2.94. The third-order valence-electron chi connectivity index (χ3n) is 3.02. The maximum atomic E-state index is 11.8. The molecule has 2 rings (SSSR count). The van der Waals surface area contributed by atoms with E-state index in [1.54, 1.807) is 6.07 Å². The van der Waals surface area contributed by atoms with Crippen molar-refractivity contribution in [3.63, 3.8) is 0 Å². The molecule has 0 radical (unpaired) electrons. The Balaban J connectivity index is 1.82. The highest BCUT2D eigenvalue weighted by Crippen LogP contribution is 2.12. The Morgan fingerprint density at radius 3 is 2.72 bits per heavy atom. The molecule has 1 fully saturated rings. The third-order valence-corrected chi connectivity index (χ3v) is 3.02. The Morgan fingerprint density at radius 1 is 1.39 bits per heavy atom. The number of carboxylic acid groups (broad SMARTS) is 1. The number of furan rings is 1. The average Bonchev–Trinajstić information content (AvgIpc) is 2.86. The molecule has 0 aromatic carbocycles. The molecule has 1 aromatic heterocycles. The summed E-state index contributed by atoms with van der Waals surface area (Å²) in [5.74, 6) is -0.716. The number of hydrogen-bond donors (Lipinski definition) is 3. The van der Waals surface area contributed by atoms with Gasteiger partial charge in [0.2, 0.25) is 11.7 Å². The highest BCUT2D eigenvalue weighted by Gasteiger charge is 2.20. The van der Waals surface area contributed by atoms with E-state index in [0.29, 0.717) is 5.76 Å². The van der Waals surface area contributed by atoms with Crippen LogP contribution in [0, 0.1) is 5.92 Å². The number of amides is 1. The number of carbonyl (C=O) groups excluding carboxylic acids is 1. The minimum Gasteiger partial charge on any atom is -0.475 e. The molecule has 1 saturated heterocycles. The fourth-order valence-corrected chi connectivity index (χ4v) is 1.99. The minimum absolute atomic E-state index is 0.00442. The second-order valence-electron chi connectivity index (χ2n) is 4.31. The second kappa shape index (κ2) is 5.68. The Labute approximate surface area is 104 Å². The maximum Gasteiger partial charge on any atom is 0.371 e. The lowest BCUT2D eigenvalue weighted by molar-refractivity contribution is -0.126. The normalized spacial score (nSPS) is 16.4. The Morgan fingerprint density at radius 2 is 2.11 bits per heavy atom. The fraction of sp³-hybridized carbons (Fsp3) is 0.500. The van der Waals surface area contributed by atoms with Gasteiger partial charge in [0.25, 0.3) is 0 Å². The Bertz CT molecular complexity index is 435. The van der Waals surface area contributed by atoms with Gasteiger partial charge in [0.15, 0.2) is 0 Å². The van der Waals surface area contributed by atoms with Crippen LogP contribution in [0.2, 0.25) is 0 Å². The molecule has 18 heavy (non-hydrogen) atoms. The van der Waals surface area contributed by atoms with Crippen molar-refractivity contribution in [1.29, 1.82) is 0 Å². The van der Waals surface area contributed by atoms with Crippen molar-refractivity contribution in [3.8, 4) is 0 Å². The van der Waals surface area contributed by atoms with E-state index in [4.69, 9.17) is 9.52 Å². The Hall–Kier alpha value is -1.82. The van der Waals surface area contributed by atoms with Gasteiger partial charge in [0.1, 0.15) is 5.76 Å². The quantitative estimate of drug-likeness (QED) is 0.729. The van der Waals surface area contributed by atoms with Crippen LogP contribution in [0.4, 0.5) is 0 Å². The molecule has 98 valence electrons. The van der Waals surface area contributed by atoms with Gasteiger partial charge >= 0.3 is 5.97 Å². The van der Waals surface area contributed by atoms with E-state index < -0.39 is 5.97 Å². The van der Waals surface area contributed by atoms with Crippen molar-refractivity contribution in [2.75, 3.05) is 13.1 Å². The van der Waals surface area contributed by atoms with E-state index in [0.717, 1.165) is 25.9 Å². The van der Waals surface area contributed by atoms with Crippen molar-refractivity contribution in [2.24, 2.45) is 5.92 Å². The zero-order valence-electron chi connectivity index (χ0n) is 9.94. The molecule has 6 nitrogen and oxygen atoms in total. The van der Waals surface area contributed by atoms with Crippen LogP contribution in [0.5, 0.6) is 0 Å². The molecular weight excluding hydrogens is 236 g/mol. The summed E-state index contributed by atoms with van der Waals surface area (Å²) in [6.45, 7) is 1.96. The summed E-state index contributed by atoms with van der Waals surface area (Å²) in [5, 5.41) is 14.7. The highest BCUT2D eigenvalue weighted by molar-refractivity contribution is 5.84. The van der Waals surface area contributed by atoms with E-state index in [2.05, 4.69) is 10.6 Å². The zero-order valence-corrected chi connectivity index (χ0v) is 9.94. The lowest BCUT2D eigenvalue weighted by Gasteiger charge is -2.21. The number of aromatic carboxylic acids is 1. The molecule has 0 aliphatic carbocycles. The molecule has 0 atom stereocenters. The standard InChI is InChI=1S/C12H16N2O4/c15-11(8-3-5-13-6-4-8)14-7-9-1-2-10(18-9)12(16)17/h1-2,8,13H,3-7H2,(H,14,15)(H,16,17). The third kappa shape index (κ3) is 3.10. The van der Waals surface area contributed by atoms with Gasteiger partial charge in [-0.3, -0.25) is 4.79 Å². The van der Waals surface area contributed by atoms with Crippen LogP contribution in [-0.2, 0) is 11.3 Å². The van der Waals surface area contributed by atoms with E-state index in [-0.39, 0.29) is 24.1 Å². The number of carboxylic acids is 1. The monoisotopic (exact) mass is 252 g/mol. The van der Waals surface area contributed by atoms with Gasteiger partial charge < -0.3 is 20.2 Å². The first kappa shape index (κ1) is 12.6. The van der Waals surface area contributed by atoms with Crippen LogP contribution < -0.4 is 10.6 Å². The summed E-state index contributed by atoms with van der Waals surface area (Å²) in [5.41, 5.74) is 0. The van der Waals surface area contributed by atoms with Gasteiger partial charge in [0.05, 0.1) is 6.54 Å². The number of piperidine rings is 1. The lowest BCUT2D eigenvalue weighted by Crippen LogP contribution is -2.37. The summed E-state index contributed by atoms with van der Waals surface area (Å²) < 4.78 is 5.06. The van der Waals surface area contributed by atoms with Crippen LogP contribution >= 0.6 is 0 Å². The first-order chi connectivity index (χ1) is 8.66. The molecule has 0 saturated carbocycles. The first-order valence-electron chi connectivity index (χ1n) is 5.97. The number of nitrogens with one attached hydrogen (secondary N) is 2. The maximum absolute atomic E-state index is 11.8. The highest BCUT2D eigenvalue weighted by atomic mass is 16.4. The fourth-order valence-electron chi connectivity index (χ4n) is 1.99. The van der Waals surface area contributed by atoms with Crippen molar-refractivity contribution >= 4 is 11.9 Å². The van der Waals surface area contributed by atoms with Gasteiger partial charge in [-0.1, -0.05) is 0 Å². The van der Waals surface area contributed by atoms with Crippen LogP contribution in [0.1, 0.15) is 29.2 Å². The van der Waals surface area contributed by atoms with E-state index in [9.17, 15) is 9.59 Å². The number of rotatable bonds is 4. The molecular formula is C12H16N2O4. The molecule has 6 heteroatoms. The lowest BCUT2D eigenvalue weighted by atomic mass is 9.97. The summed E-state index contributed by atoms with van der Waals surface area (Å²) in [4.78, 5) is 22.4. The molecule has 0 unspecified atom stereocenters. The van der Waals surface area contributed by atoms with Gasteiger partial charge in [0, 0.05) is 5.92 Å². The van der Waals surface area contributed by atoms with Gasteiger partial charge in [-0.15, -0.1) is 0 Å². The van der Waals surface area contributed by atoms with Crippen LogP contribution in [0.3, 0.4) is 0 Å². The smallest absolute Gasteiger partial charge is 0.371 e. The van der Waals surface area contributed by atoms with Gasteiger partial charge in [-0.2, -0.15) is 0 Å². The van der Waals surface area contributed by atoms with Crippen LogP contribution in [-0.4, -0.2) is 30.1 Å². The van der Waals surface area contributed by atoms with E-state index in [1.807, 2.05) is 0 Å². The topological polar surface area (TPSA) is 91.6 Å². The first-order valence-corrected chi connectivity index (χ1v) is 5.97. The second-order valence-corrected chi connectivity index (χ2v) is 4.31. The largest absolute Gasteiger partial charge is 0.475 e. The minimum atomic E-state index is -1.11. The number of carbonyl (C=O) groups is 2.